The molecule has 1 aromatic carbocycles. The monoisotopic (exact) mass is 432 g/mol. The van der Waals surface area contributed by atoms with Crippen molar-refractivity contribution in [3.8, 4) is 17.1 Å². The van der Waals surface area contributed by atoms with E-state index < -0.39 is 17.2 Å². The molecule has 1 aliphatic rings. The quantitative estimate of drug-likeness (QED) is 0.454. The molecular weight excluding hydrogens is 404 g/mol. The number of amides is 3. The van der Waals surface area contributed by atoms with Gasteiger partial charge in [-0.3, -0.25) is 10.1 Å². The summed E-state index contributed by atoms with van der Waals surface area (Å²) in [5.74, 6) is 6.97. The van der Waals surface area contributed by atoms with E-state index in [0.717, 1.165) is 48.8 Å². The number of urea groups is 1. The van der Waals surface area contributed by atoms with E-state index in [1.807, 2.05) is 31.2 Å². The van der Waals surface area contributed by atoms with Crippen LogP contribution < -0.4 is 21.2 Å². The molecule has 30 heavy (non-hydrogen) atoms. The van der Waals surface area contributed by atoms with Crippen LogP contribution in [0.1, 0.15) is 46.0 Å². The molecule has 1 atom stereocenters. The zero-order valence-corrected chi connectivity index (χ0v) is 18.1. The van der Waals surface area contributed by atoms with E-state index >= 15 is 0 Å². The van der Waals surface area contributed by atoms with Gasteiger partial charge in [0.1, 0.15) is 5.75 Å². The van der Waals surface area contributed by atoms with Gasteiger partial charge in [-0.2, -0.15) is 0 Å². The standard InChI is InChI=1S/C20H28N6O3S/c1-3-29-16-11-9-14(10-12-16)17-24-25-20(26(17)21)30-13(2)18(27)23-19(28)22-15-7-5-4-6-8-15/h9-13,15H,3-8,21H2,1-2H3,(H2,22,23,27,28)/t13-/m0/s1. The maximum atomic E-state index is 12.4. The third kappa shape index (κ3) is 5.65. The average Bonchev–Trinajstić information content (AvgIpc) is 3.09. The third-order valence-corrected chi connectivity index (χ3v) is 5.97. The van der Waals surface area contributed by atoms with Gasteiger partial charge in [0.25, 0.3) is 0 Å². The van der Waals surface area contributed by atoms with Gasteiger partial charge in [-0.15, -0.1) is 10.2 Å². The highest BCUT2D eigenvalue weighted by molar-refractivity contribution is 8.00. The van der Waals surface area contributed by atoms with Crippen molar-refractivity contribution in [3.05, 3.63) is 24.3 Å². The first-order chi connectivity index (χ1) is 14.5. The van der Waals surface area contributed by atoms with Crippen LogP contribution in [-0.2, 0) is 4.79 Å². The Bertz CT molecular complexity index is 864. The average molecular weight is 433 g/mol. The maximum absolute atomic E-state index is 12.4. The Balaban J connectivity index is 1.56. The molecule has 0 spiro atoms. The molecule has 0 aliphatic heterocycles. The molecule has 3 amide bonds. The lowest BCUT2D eigenvalue weighted by atomic mass is 9.96. The second kappa shape index (κ2) is 10.3. The van der Waals surface area contributed by atoms with Gasteiger partial charge in [-0.1, -0.05) is 31.0 Å². The highest BCUT2D eigenvalue weighted by atomic mass is 32.2. The number of hydrogen-bond donors (Lipinski definition) is 3. The fourth-order valence-electron chi connectivity index (χ4n) is 3.31. The lowest BCUT2D eigenvalue weighted by Gasteiger charge is -2.22. The summed E-state index contributed by atoms with van der Waals surface area (Å²) in [5, 5.41) is 13.3. The molecule has 0 saturated heterocycles. The van der Waals surface area contributed by atoms with Crippen molar-refractivity contribution in [2.24, 2.45) is 0 Å². The summed E-state index contributed by atoms with van der Waals surface area (Å²) in [6.45, 7) is 4.20. The number of nitrogen functional groups attached to an aromatic ring is 1. The van der Waals surface area contributed by atoms with Gasteiger partial charge in [0.15, 0.2) is 5.82 Å². The Morgan fingerprint density at radius 3 is 2.60 bits per heavy atom. The van der Waals surface area contributed by atoms with Gasteiger partial charge in [-0.05, 0) is 51.0 Å². The third-order valence-electron chi connectivity index (χ3n) is 4.92. The fraction of sp³-hybridized carbons (Fsp3) is 0.500. The second-order valence-corrected chi connectivity index (χ2v) is 8.50. The molecule has 0 radical (unpaired) electrons. The number of benzene rings is 1. The van der Waals surface area contributed by atoms with Gasteiger partial charge in [0, 0.05) is 11.6 Å². The van der Waals surface area contributed by atoms with Crippen LogP contribution in [0.15, 0.2) is 29.4 Å². The van der Waals surface area contributed by atoms with Crippen molar-refractivity contribution < 1.29 is 14.3 Å². The first-order valence-corrected chi connectivity index (χ1v) is 11.1. The maximum Gasteiger partial charge on any atom is 0.321 e. The first kappa shape index (κ1) is 21.9. The highest BCUT2D eigenvalue weighted by Gasteiger charge is 2.23. The Morgan fingerprint density at radius 2 is 1.93 bits per heavy atom. The molecular formula is C20H28N6O3S. The molecule has 9 nitrogen and oxygen atoms in total. The second-order valence-electron chi connectivity index (χ2n) is 7.19. The van der Waals surface area contributed by atoms with E-state index in [4.69, 9.17) is 10.6 Å². The number of ether oxygens (including phenoxy) is 1. The number of rotatable bonds is 7. The summed E-state index contributed by atoms with van der Waals surface area (Å²) in [7, 11) is 0. The number of nitrogens with zero attached hydrogens (tertiary/aromatic N) is 3. The normalized spacial score (nSPS) is 15.4. The molecule has 0 bridgehead atoms. The van der Waals surface area contributed by atoms with Gasteiger partial charge < -0.3 is 15.9 Å². The van der Waals surface area contributed by atoms with Crippen LogP contribution >= 0.6 is 11.8 Å². The number of thioether (sulfide) groups is 1. The van der Waals surface area contributed by atoms with Crippen molar-refractivity contribution in [1.29, 1.82) is 0 Å². The van der Waals surface area contributed by atoms with E-state index in [9.17, 15) is 9.59 Å². The van der Waals surface area contributed by atoms with E-state index in [2.05, 4.69) is 20.8 Å². The van der Waals surface area contributed by atoms with Crippen molar-refractivity contribution in [1.82, 2.24) is 25.5 Å². The molecule has 1 heterocycles. The summed E-state index contributed by atoms with van der Waals surface area (Å²) in [6.07, 6.45) is 5.32. The van der Waals surface area contributed by atoms with Crippen LogP contribution in [-0.4, -0.2) is 44.7 Å². The van der Waals surface area contributed by atoms with Crippen molar-refractivity contribution in [3.63, 3.8) is 0 Å². The van der Waals surface area contributed by atoms with Gasteiger partial charge in [0.2, 0.25) is 11.1 Å². The number of carbonyl (C=O) groups excluding carboxylic acids is 2. The van der Waals surface area contributed by atoms with Crippen LogP contribution in [0.2, 0.25) is 0 Å². The summed E-state index contributed by atoms with van der Waals surface area (Å²) in [5.41, 5.74) is 0.782. The van der Waals surface area contributed by atoms with E-state index in [1.54, 1.807) is 6.92 Å². The summed E-state index contributed by atoms with van der Waals surface area (Å²) in [6, 6.07) is 7.04. The molecule has 10 heteroatoms. The van der Waals surface area contributed by atoms with Gasteiger partial charge >= 0.3 is 6.03 Å². The van der Waals surface area contributed by atoms with Crippen LogP contribution in [0.25, 0.3) is 11.4 Å². The molecule has 0 unspecified atom stereocenters. The van der Waals surface area contributed by atoms with Gasteiger partial charge in [-0.25, -0.2) is 9.47 Å². The predicted octanol–water partition coefficient (Wildman–Crippen LogP) is 2.70. The summed E-state index contributed by atoms with van der Waals surface area (Å²) >= 11 is 1.14. The minimum atomic E-state index is -0.568. The number of aromatic nitrogens is 3. The van der Waals surface area contributed by atoms with E-state index in [1.165, 1.54) is 11.1 Å². The lowest BCUT2D eigenvalue weighted by Crippen LogP contribution is -2.47. The molecule has 4 N–H and O–H groups in total. The van der Waals surface area contributed by atoms with Crippen LogP contribution in [0.4, 0.5) is 4.79 Å². The van der Waals surface area contributed by atoms with Crippen LogP contribution in [0, 0.1) is 0 Å². The molecule has 1 aliphatic carbocycles. The smallest absolute Gasteiger partial charge is 0.321 e. The van der Waals surface area contributed by atoms with Gasteiger partial charge in [0.05, 0.1) is 11.9 Å². The predicted molar refractivity (Wildman–Crippen MR) is 116 cm³/mol. The molecule has 3 rings (SSSR count). The summed E-state index contributed by atoms with van der Waals surface area (Å²) in [4.78, 5) is 24.5. The number of nitrogens with one attached hydrogen (secondary N) is 2. The zero-order chi connectivity index (χ0) is 21.5. The van der Waals surface area contributed by atoms with Crippen LogP contribution in [0.3, 0.4) is 0 Å². The fourth-order valence-corrected chi connectivity index (χ4v) is 4.08. The minimum Gasteiger partial charge on any atom is -0.494 e. The Hall–Kier alpha value is -2.75. The van der Waals surface area contributed by atoms with Crippen LogP contribution in [0.5, 0.6) is 5.75 Å². The number of hydrogen-bond acceptors (Lipinski definition) is 7. The molecule has 1 aromatic heterocycles. The van der Waals surface area contributed by atoms with Crippen molar-refractivity contribution in [2.45, 2.75) is 62.4 Å². The minimum absolute atomic E-state index is 0.137. The highest BCUT2D eigenvalue weighted by Crippen LogP contribution is 2.26. The van der Waals surface area contributed by atoms with Crippen molar-refractivity contribution in [2.75, 3.05) is 12.4 Å². The van der Waals surface area contributed by atoms with E-state index in [-0.39, 0.29) is 6.04 Å². The number of imide groups is 1. The Morgan fingerprint density at radius 1 is 1.23 bits per heavy atom. The molecule has 1 saturated carbocycles. The van der Waals surface area contributed by atoms with E-state index in [0.29, 0.717) is 17.6 Å². The Labute approximate surface area is 180 Å². The Kier molecular flexibility index (Phi) is 7.56. The number of carbonyl (C=O) groups is 2. The molecule has 1 fully saturated rings. The summed E-state index contributed by atoms with van der Waals surface area (Å²) < 4.78 is 6.77. The first-order valence-electron chi connectivity index (χ1n) is 10.2. The lowest BCUT2D eigenvalue weighted by molar-refractivity contribution is -0.119. The largest absolute Gasteiger partial charge is 0.494 e. The van der Waals surface area contributed by atoms with Crippen molar-refractivity contribution >= 4 is 23.7 Å². The number of nitrogens with two attached hydrogens (primary N) is 1. The molecule has 162 valence electrons. The zero-order valence-electron chi connectivity index (χ0n) is 17.3. The topological polar surface area (TPSA) is 124 Å². The SMILES string of the molecule is CCOc1ccc(-c2nnc(S[C@@H](C)C(=O)NC(=O)NC3CCCCC3)n2N)cc1. The molecule has 2 aromatic rings.